The second-order valence-electron chi connectivity index (χ2n) is 6.37. The van der Waals surface area contributed by atoms with E-state index in [0.717, 1.165) is 16.2 Å². The maximum atomic E-state index is 12.7. The van der Waals surface area contributed by atoms with Crippen LogP contribution in [0.2, 0.25) is 0 Å². The topological polar surface area (TPSA) is 129 Å². The molecule has 1 aromatic carbocycles. The van der Waals surface area contributed by atoms with Crippen molar-refractivity contribution in [2.75, 3.05) is 6.61 Å². The number of halogens is 1. The summed E-state index contributed by atoms with van der Waals surface area (Å²) in [7, 11) is -3.93. The Hall–Kier alpha value is -1.94. The van der Waals surface area contributed by atoms with Crippen LogP contribution >= 0.6 is 19.4 Å². The number of benzene rings is 1. The molecule has 2 aliphatic rings. The van der Waals surface area contributed by atoms with E-state index in [1.54, 1.807) is 24.3 Å². The van der Waals surface area contributed by atoms with E-state index < -0.39 is 43.1 Å². The first kappa shape index (κ1) is 19.4. The standard InChI is InChI=1S/C16H16ClN2O8P/c17-16(7-11(20)14(26-16)19-6-5-13(21)18-15(19)22)9-25-28(23)24-8-10-3-1-2-4-12(10)27-28/h1-6,11,14,20H,7-9H2,(H,18,21,22)/t11-,14-,16+,28?/m1/s1. The van der Waals surface area contributed by atoms with Gasteiger partial charge in [-0.2, -0.15) is 0 Å². The number of hydrogen-bond acceptors (Lipinski definition) is 8. The highest BCUT2D eigenvalue weighted by atomic mass is 35.5. The van der Waals surface area contributed by atoms with Gasteiger partial charge < -0.3 is 14.4 Å². The van der Waals surface area contributed by atoms with Gasteiger partial charge in [0.1, 0.15) is 18.5 Å². The van der Waals surface area contributed by atoms with Gasteiger partial charge in [0.2, 0.25) is 0 Å². The fourth-order valence-corrected chi connectivity index (χ4v) is 4.61. The molecule has 1 unspecified atom stereocenters. The van der Waals surface area contributed by atoms with Crippen LogP contribution in [-0.2, 0) is 25.0 Å². The number of aliphatic hydroxyl groups is 1. The molecule has 2 aliphatic heterocycles. The molecule has 2 N–H and O–H groups in total. The van der Waals surface area contributed by atoms with Crippen molar-refractivity contribution in [2.24, 2.45) is 0 Å². The largest absolute Gasteiger partial charge is 0.530 e. The average molecular weight is 431 g/mol. The van der Waals surface area contributed by atoms with Gasteiger partial charge in [0.05, 0.1) is 6.61 Å². The number of nitrogens with one attached hydrogen (secondary N) is 1. The summed E-state index contributed by atoms with van der Waals surface area (Å²) in [6.07, 6.45) is -1.26. The van der Waals surface area contributed by atoms with Crippen LogP contribution < -0.4 is 15.8 Å². The lowest BCUT2D eigenvalue weighted by Gasteiger charge is -2.28. The molecular formula is C16H16ClN2O8P. The van der Waals surface area contributed by atoms with E-state index in [1.165, 1.54) is 6.20 Å². The quantitative estimate of drug-likeness (QED) is 0.551. The minimum atomic E-state index is -3.93. The van der Waals surface area contributed by atoms with E-state index in [-0.39, 0.29) is 13.0 Å². The van der Waals surface area contributed by atoms with E-state index >= 15 is 0 Å². The molecule has 12 heteroatoms. The maximum Gasteiger partial charge on any atom is 0.530 e. The monoisotopic (exact) mass is 430 g/mol. The SMILES string of the molecule is O=c1ccn([C@@H]2O[C@](Cl)(COP3(=O)OCc4ccccc4O3)C[C@H]2O)c(=O)[nH]1. The summed E-state index contributed by atoms with van der Waals surface area (Å²) in [4.78, 5) is 25.2. The number of H-pyrrole nitrogens is 1. The Balaban J connectivity index is 1.46. The summed E-state index contributed by atoms with van der Waals surface area (Å²) < 4.78 is 35.1. The van der Waals surface area contributed by atoms with Crippen molar-refractivity contribution >= 4 is 19.4 Å². The van der Waals surface area contributed by atoms with Gasteiger partial charge in [0.15, 0.2) is 11.3 Å². The molecule has 0 bridgehead atoms. The van der Waals surface area contributed by atoms with E-state index in [9.17, 15) is 19.3 Å². The Morgan fingerprint density at radius 3 is 2.93 bits per heavy atom. The third-order valence-corrected chi connectivity index (χ3v) is 5.96. The van der Waals surface area contributed by atoms with E-state index in [0.29, 0.717) is 5.75 Å². The number of alkyl halides is 1. The van der Waals surface area contributed by atoms with Gasteiger partial charge in [-0.25, -0.2) is 9.36 Å². The van der Waals surface area contributed by atoms with E-state index in [2.05, 4.69) is 4.98 Å². The Bertz CT molecular complexity index is 1060. The summed E-state index contributed by atoms with van der Waals surface area (Å²) in [5, 5.41) is 8.67. The number of aromatic amines is 1. The van der Waals surface area contributed by atoms with Gasteiger partial charge in [-0.3, -0.25) is 23.4 Å². The highest BCUT2D eigenvalue weighted by Gasteiger charge is 2.48. The highest BCUT2D eigenvalue weighted by molar-refractivity contribution is 7.49. The number of phosphoric ester groups is 1. The lowest BCUT2D eigenvalue weighted by atomic mass is 10.2. The third-order valence-electron chi connectivity index (χ3n) is 4.30. The molecule has 0 aliphatic carbocycles. The number of hydrogen-bond donors (Lipinski definition) is 2. The molecule has 0 spiro atoms. The van der Waals surface area contributed by atoms with Gasteiger partial charge in [0.25, 0.3) is 5.56 Å². The summed E-state index contributed by atoms with van der Waals surface area (Å²) in [6.45, 7) is -0.388. The number of fused-ring (bicyclic) bond motifs is 1. The summed E-state index contributed by atoms with van der Waals surface area (Å²) in [5.41, 5.74) is -0.621. The second-order valence-corrected chi connectivity index (χ2v) is 8.66. The minimum absolute atomic E-state index is 0.0433. The molecule has 0 radical (unpaired) electrons. The number of ether oxygens (including phenoxy) is 1. The second kappa shape index (κ2) is 7.14. The third kappa shape index (κ3) is 3.80. The van der Waals surface area contributed by atoms with Gasteiger partial charge in [-0.15, -0.1) is 0 Å². The molecule has 10 nitrogen and oxygen atoms in total. The smallest absolute Gasteiger partial charge is 0.404 e. The average Bonchev–Trinajstić information content (AvgIpc) is 2.95. The van der Waals surface area contributed by atoms with E-state index in [1.807, 2.05) is 0 Å². The normalized spacial score (nSPS) is 31.9. The number of rotatable bonds is 4. The molecule has 3 heterocycles. The molecular weight excluding hydrogens is 415 g/mol. The number of para-hydroxylation sites is 1. The number of aromatic nitrogens is 2. The zero-order valence-electron chi connectivity index (χ0n) is 14.3. The van der Waals surface area contributed by atoms with Crippen LogP contribution in [0.1, 0.15) is 18.2 Å². The van der Waals surface area contributed by atoms with Crippen molar-refractivity contribution in [1.82, 2.24) is 9.55 Å². The molecule has 1 aromatic heterocycles. The van der Waals surface area contributed by atoms with Gasteiger partial charge >= 0.3 is 13.5 Å². The van der Waals surface area contributed by atoms with Gasteiger partial charge in [0, 0.05) is 24.2 Å². The predicted molar refractivity (Wildman–Crippen MR) is 96.1 cm³/mol. The highest BCUT2D eigenvalue weighted by Crippen LogP contribution is 2.55. The van der Waals surface area contributed by atoms with Crippen LogP contribution in [0.3, 0.4) is 0 Å². The fraction of sp³-hybridized carbons (Fsp3) is 0.375. The lowest BCUT2D eigenvalue weighted by Crippen LogP contribution is -2.35. The molecule has 0 saturated carbocycles. The molecule has 1 saturated heterocycles. The molecule has 2 aromatic rings. The van der Waals surface area contributed by atoms with Crippen molar-refractivity contribution in [3.05, 3.63) is 62.9 Å². The van der Waals surface area contributed by atoms with Crippen molar-refractivity contribution in [3.8, 4) is 5.75 Å². The molecule has 28 heavy (non-hydrogen) atoms. The zero-order chi connectivity index (χ0) is 19.9. The van der Waals surface area contributed by atoms with Gasteiger partial charge in [-0.1, -0.05) is 29.8 Å². The van der Waals surface area contributed by atoms with Crippen LogP contribution in [0.4, 0.5) is 0 Å². The van der Waals surface area contributed by atoms with Crippen LogP contribution in [-0.4, -0.2) is 32.4 Å². The first-order valence-electron chi connectivity index (χ1n) is 8.30. The summed E-state index contributed by atoms with van der Waals surface area (Å²) in [6, 6.07) is 8.04. The summed E-state index contributed by atoms with van der Waals surface area (Å²) >= 11 is 6.35. The Morgan fingerprint density at radius 2 is 2.14 bits per heavy atom. The van der Waals surface area contributed by atoms with Crippen molar-refractivity contribution in [3.63, 3.8) is 0 Å². The van der Waals surface area contributed by atoms with Crippen molar-refractivity contribution in [1.29, 1.82) is 0 Å². The number of aliphatic hydroxyl groups excluding tert-OH is 1. The predicted octanol–water partition coefficient (Wildman–Crippen LogP) is 1.49. The number of nitrogens with zero attached hydrogens (tertiary/aromatic N) is 1. The minimum Gasteiger partial charge on any atom is -0.404 e. The number of phosphoric acid groups is 1. The Morgan fingerprint density at radius 1 is 1.36 bits per heavy atom. The maximum absolute atomic E-state index is 12.7. The molecule has 4 atom stereocenters. The van der Waals surface area contributed by atoms with Crippen molar-refractivity contribution in [2.45, 2.75) is 30.4 Å². The van der Waals surface area contributed by atoms with Crippen LogP contribution in [0, 0.1) is 0 Å². The summed E-state index contributed by atoms with van der Waals surface area (Å²) in [5.74, 6) is 0.380. The van der Waals surface area contributed by atoms with E-state index in [4.69, 9.17) is 29.9 Å². The van der Waals surface area contributed by atoms with Gasteiger partial charge in [-0.05, 0) is 6.07 Å². The first-order valence-corrected chi connectivity index (χ1v) is 10.1. The molecule has 4 rings (SSSR count). The molecule has 1 fully saturated rings. The Labute approximate surface area is 163 Å². The first-order chi connectivity index (χ1) is 13.3. The van der Waals surface area contributed by atoms with Crippen LogP contribution in [0.15, 0.2) is 46.1 Å². The van der Waals surface area contributed by atoms with Crippen molar-refractivity contribution < 1.29 is 28.0 Å². The molecule has 150 valence electrons. The fourth-order valence-electron chi connectivity index (χ4n) is 2.97. The zero-order valence-corrected chi connectivity index (χ0v) is 16.0. The van der Waals surface area contributed by atoms with Crippen LogP contribution in [0.25, 0.3) is 0 Å². The Kier molecular flexibility index (Phi) is 4.95. The lowest BCUT2D eigenvalue weighted by molar-refractivity contribution is -0.0712. The molecule has 0 amide bonds. The van der Waals surface area contributed by atoms with Crippen LogP contribution in [0.5, 0.6) is 5.75 Å².